The van der Waals surface area contributed by atoms with Crippen molar-refractivity contribution in [2.45, 2.75) is 26.7 Å². The molecule has 2 aliphatic heterocycles. The van der Waals surface area contributed by atoms with Crippen LogP contribution in [0.5, 0.6) is 0 Å². The van der Waals surface area contributed by atoms with Crippen molar-refractivity contribution < 1.29 is 9.59 Å². The van der Waals surface area contributed by atoms with Crippen molar-refractivity contribution in [3.63, 3.8) is 0 Å². The fraction of sp³-hybridized carbons (Fsp3) is 0.846. The SMILES string of the molecule is CC(C)C(=O)N1CCN(C(=O)N2CCCC2)CC1. The molecule has 2 heterocycles. The molecular formula is C13H23N3O2. The van der Waals surface area contributed by atoms with Crippen LogP contribution in [0.3, 0.4) is 0 Å². The largest absolute Gasteiger partial charge is 0.339 e. The van der Waals surface area contributed by atoms with Gasteiger partial charge in [-0.05, 0) is 12.8 Å². The fourth-order valence-electron chi connectivity index (χ4n) is 2.59. The molecule has 0 aromatic rings. The van der Waals surface area contributed by atoms with Crippen LogP contribution in [0.2, 0.25) is 0 Å². The second-order valence-corrected chi connectivity index (χ2v) is 5.44. The number of piperazine rings is 1. The van der Waals surface area contributed by atoms with E-state index in [1.54, 1.807) is 0 Å². The molecule has 102 valence electrons. The zero-order valence-electron chi connectivity index (χ0n) is 11.4. The van der Waals surface area contributed by atoms with Crippen LogP contribution >= 0.6 is 0 Å². The minimum absolute atomic E-state index is 0.0471. The van der Waals surface area contributed by atoms with E-state index in [9.17, 15) is 9.59 Å². The van der Waals surface area contributed by atoms with Crippen LogP contribution in [0.25, 0.3) is 0 Å². The van der Waals surface area contributed by atoms with Crippen molar-refractivity contribution in [1.29, 1.82) is 0 Å². The lowest BCUT2D eigenvalue weighted by molar-refractivity contribution is -0.135. The standard InChI is InChI=1S/C13H23N3O2/c1-11(2)12(17)14-7-9-16(10-8-14)13(18)15-5-3-4-6-15/h11H,3-10H2,1-2H3. The van der Waals surface area contributed by atoms with E-state index in [1.807, 2.05) is 28.5 Å². The zero-order chi connectivity index (χ0) is 13.1. The van der Waals surface area contributed by atoms with Crippen LogP contribution in [-0.2, 0) is 4.79 Å². The van der Waals surface area contributed by atoms with E-state index in [1.165, 1.54) is 0 Å². The molecule has 0 bridgehead atoms. The minimum Gasteiger partial charge on any atom is -0.339 e. The Kier molecular flexibility index (Phi) is 4.09. The van der Waals surface area contributed by atoms with Crippen LogP contribution in [0, 0.1) is 5.92 Å². The molecule has 2 rings (SSSR count). The van der Waals surface area contributed by atoms with Gasteiger partial charge in [-0.15, -0.1) is 0 Å². The van der Waals surface area contributed by atoms with Crippen LogP contribution in [0.1, 0.15) is 26.7 Å². The summed E-state index contributed by atoms with van der Waals surface area (Å²) in [6, 6.07) is 0.157. The highest BCUT2D eigenvalue weighted by atomic mass is 16.2. The van der Waals surface area contributed by atoms with Gasteiger partial charge in [0, 0.05) is 45.2 Å². The van der Waals surface area contributed by atoms with E-state index in [0.29, 0.717) is 26.2 Å². The van der Waals surface area contributed by atoms with Gasteiger partial charge in [0.2, 0.25) is 5.91 Å². The fourth-order valence-corrected chi connectivity index (χ4v) is 2.59. The van der Waals surface area contributed by atoms with E-state index in [4.69, 9.17) is 0 Å². The molecule has 0 aliphatic carbocycles. The lowest BCUT2D eigenvalue weighted by Gasteiger charge is -2.37. The number of rotatable bonds is 1. The van der Waals surface area contributed by atoms with Gasteiger partial charge in [0.05, 0.1) is 0 Å². The summed E-state index contributed by atoms with van der Waals surface area (Å²) in [7, 11) is 0. The summed E-state index contributed by atoms with van der Waals surface area (Å²) in [4.78, 5) is 29.7. The number of urea groups is 1. The third-order valence-electron chi connectivity index (χ3n) is 3.73. The molecule has 5 nitrogen and oxygen atoms in total. The van der Waals surface area contributed by atoms with Gasteiger partial charge in [-0.2, -0.15) is 0 Å². The molecule has 3 amide bonds. The average Bonchev–Trinajstić information content (AvgIpc) is 2.91. The molecule has 0 aromatic carbocycles. The number of hydrogen-bond donors (Lipinski definition) is 0. The zero-order valence-corrected chi connectivity index (χ0v) is 11.4. The third-order valence-corrected chi connectivity index (χ3v) is 3.73. The Balaban J connectivity index is 1.82. The highest BCUT2D eigenvalue weighted by Gasteiger charge is 2.28. The molecule has 2 aliphatic rings. The van der Waals surface area contributed by atoms with Gasteiger partial charge < -0.3 is 14.7 Å². The highest BCUT2D eigenvalue weighted by molar-refractivity contribution is 5.79. The first-order valence-electron chi connectivity index (χ1n) is 6.92. The summed E-state index contributed by atoms with van der Waals surface area (Å²) in [6.45, 7) is 8.33. The van der Waals surface area contributed by atoms with Gasteiger partial charge in [0.25, 0.3) is 0 Å². The second-order valence-electron chi connectivity index (χ2n) is 5.44. The van der Waals surface area contributed by atoms with Crippen molar-refractivity contribution in [1.82, 2.24) is 14.7 Å². The van der Waals surface area contributed by atoms with E-state index >= 15 is 0 Å². The van der Waals surface area contributed by atoms with Crippen molar-refractivity contribution >= 4 is 11.9 Å². The number of carbonyl (C=O) groups excluding carboxylic acids is 2. The quantitative estimate of drug-likeness (QED) is 0.700. The molecular weight excluding hydrogens is 230 g/mol. The Labute approximate surface area is 109 Å². The van der Waals surface area contributed by atoms with E-state index in [2.05, 4.69) is 0 Å². The van der Waals surface area contributed by atoms with Crippen molar-refractivity contribution in [2.24, 2.45) is 5.92 Å². The Morgan fingerprint density at radius 1 is 0.778 bits per heavy atom. The summed E-state index contributed by atoms with van der Waals surface area (Å²) in [6.07, 6.45) is 2.25. The average molecular weight is 253 g/mol. The maximum atomic E-state index is 12.2. The van der Waals surface area contributed by atoms with Gasteiger partial charge in [-0.1, -0.05) is 13.8 Å². The monoisotopic (exact) mass is 253 g/mol. The molecule has 18 heavy (non-hydrogen) atoms. The first kappa shape index (κ1) is 13.2. The third kappa shape index (κ3) is 2.76. The minimum atomic E-state index is 0.0471. The molecule has 2 fully saturated rings. The number of carbonyl (C=O) groups is 2. The van der Waals surface area contributed by atoms with Crippen LogP contribution in [0.4, 0.5) is 4.79 Å². The predicted molar refractivity (Wildman–Crippen MR) is 69.2 cm³/mol. The normalized spacial score (nSPS) is 20.7. The Morgan fingerprint density at radius 2 is 1.22 bits per heavy atom. The molecule has 0 aromatic heterocycles. The van der Waals surface area contributed by atoms with E-state index < -0.39 is 0 Å². The molecule has 0 atom stereocenters. The Bertz CT molecular complexity index is 316. The van der Waals surface area contributed by atoms with Crippen molar-refractivity contribution in [3.8, 4) is 0 Å². The number of hydrogen-bond acceptors (Lipinski definition) is 2. The molecule has 0 radical (unpaired) electrons. The first-order chi connectivity index (χ1) is 8.59. The smallest absolute Gasteiger partial charge is 0.320 e. The molecule has 0 unspecified atom stereocenters. The van der Waals surface area contributed by atoms with Crippen LogP contribution in [0.15, 0.2) is 0 Å². The summed E-state index contributed by atoms with van der Waals surface area (Å²) in [5.74, 6) is 0.245. The molecule has 0 saturated carbocycles. The highest BCUT2D eigenvalue weighted by Crippen LogP contribution is 2.13. The first-order valence-corrected chi connectivity index (χ1v) is 6.92. The summed E-state index contributed by atoms with van der Waals surface area (Å²) >= 11 is 0. The topological polar surface area (TPSA) is 43.9 Å². The molecule has 2 saturated heterocycles. The van der Waals surface area contributed by atoms with Gasteiger partial charge in [0.15, 0.2) is 0 Å². The lowest BCUT2D eigenvalue weighted by Crippen LogP contribution is -2.54. The van der Waals surface area contributed by atoms with E-state index in [-0.39, 0.29) is 17.9 Å². The van der Waals surface area contributed by atoms with E-state index in [0.717, 1.165) is 25.9 Å². The van der Waals surface area contributed by atoms with Gasteiger partial charge in [0.1, 0.15) is 0 Å². The van der Waals surface area contributed by atoms with Crippen molar-refractivity contribution in [2.75, 3.05) is 39.3 Å². The number of likely N-dealkylation sites (tertiary alicyclic amines) is 1. The van der Waals surface area contributed by atoms with Gasteiger partial charge >= 0.3 is 6.03 Å². The van der Waals surface area contributed by atoms with Gasteiger partial charge in [-0.25, -0.2) is 4.79 Å². The maximum absolute atomic E-state index is 12.2. The Morgan fingerprint density at radius 3 is 1.72 bits per heavy atom. The van der Waals surface area contributed by atoms with Gasteiger partial charge in [-0.3, -0.25) is 4.79 Å². The molecule has 0 N–H and O–H groups in total. The maximum Gasteiger partial charge on any atom is 0.320 e. The summed E-state index contributed by atoms with van der Waals surface area (Å²) in [5, 5.41) is 0. The van der Waals surface area contributed by atoms with Crippen molar-refractivity contribution in [3.05, 3.63) is 0 Å². The second kappa shape index (κ2) is 5.59. The number of amides is 3. The molecule has 0 spiro atoms. The lowest BCUT2D eigenvalue weighted by atomic mass is 10.1. The molecule has 5 heteroatoms. The number of nitrogens with zero attached hydrogens (tertiary/aromatic N) is 3. The van der Waals surface area contributed by atoms with Crippen LogP contribution < -0.4 is 0 Å². The Hall–Kier alpha value is -1.26. The summed E-state index contributed by atoms with van der Waals surface area (Å²) < 4.78 is 0. The summed E-state index contributed by atoms with van der Waals surface area (Å²) in [5.41, 5.74) is 0. The van der Waals surface area contributed by atoms with Crippen LogP contribution in [-0.4, -0.2) is 65.9 Å². The predicted octanol–water partition coefficient (Wildman–Crippen LogP) is 1.00.